The van der Waals surface area contributed by atoms with Crippen LogP contribution in [0.2, 0.25) is 0 Å². The molecule has 24 heavy (non-hydrogen) atoms. The van der Waals surface area contributed by atoms with Crippen LogP contribution in [-0.2, 0) is 4.74 Å². The summed E-state index contributed by atoms with van der Waals surface area (Å²) in [5, 5.41) is 10.4. The smallest absolute Gasteiger partial charge is 0.361 e. The standard InChI is InChI=1S/C16H16BrN3O4/c1-4-7-24-13-9-11(17)10(8-12(13)22-5-2)14-15(19-20-18-14)16(21)23-6-3/h1,8-9H,5-7H2,2-3H3,(H,18,19,20). The number of terminal acetylenes is 1. The molecule has 0 fully saturated rings. The Hall–Kier alpha value is -2.53. The largest absolute Gasteiger partial charge is 0.490 e. The van der Waals surface area contributed by atoms with Crippen LogP contribution in [0.15, 0.2) is 16.6 Å². The second-order valence-electron chi connectivity index (χ2n) is 4.45. The van der Waals surface area contributed by atoms with Crippen molar-refractivity contribution in [3.63, 3.8) is 0 Å². The van der Waals surface area contributed by atoms with Gasteiger partial charge < -0.3 is 14.2 Å². The number of hydrogen-bond donors (Lipinski definition) is 1. The fourth-order valence-electron chi connectivity index (χ4n) is 1.98. The predicted octanol–water partition coefficient (Wildman–Crippen LogP) is 2.82. The number of rotatable bonds is 7. The molecule has 126 valence electrons. The molecule has 0 unspecified atom stereocenters. The SMILES string of the molecule is C#CCOc1cc(Br)c(-c2n[nH]nc2C(=O)OCC)cc1OCC. The molecule has 0 radical (unpaired) electrons. The fraction of sp³-hybridized carbons (Fsp3) is 0.312. The molecule has 1 N–H and O–H groups in total. The Balaban J connectivity index is 2.48. The molecule has 0 aliphatic rings. The van der Waals surface area contributed by atoms with Gasteiger partial charge in [0, 0.05) is 10.0 Å². The lowest BCUT2D eigenvalue weighted by Gasteiger charge is -2.13. The average Bonchev–Trinajstić information content (AvgIpc) is 3.04. The summed E-state index contributed by atoms with van der Waals surface area (Å²) in [4.78, 5) is 12.0. The molecular weight excluding hydrogens is 378 g/mol. The number of esters is 1. The average molecular weight is 394 g/mol. The highest BCUT2D eigenvalue weighted by Crippen LogP contribution is 2.39. The molecule has 0 aliphatic carbocycles. The van der Waals surface area contributed by atoms with Gasteiger partial charge in [0.05, 0.1) is 13.2 Å². The van der Waals surface area contributed by atoms with Gasteiger partial charge in [0.15, 0.2) is 17.2 Å². The predicted molar refractivity (Wildman–Crippen MR) is 91.0 cm³/mol. The molecule has 2 aromatic rings. The van der Waals surface area contributed by atoms with Gasteiger partial charge in [-0.05, 0) is 41.9 Å². The summed E-state index contributed by atoms with van der Waals surface area (Å²) in [6.07, 6.45) is 5.23. The van der Waals surface area contributed by atoms with E-state index in [2.05, 4.69) is 37.3 Å². The number of H-pyrrole nitrogens is 1. The number of carbonyl (C=O) groups excluding carboxylic acids is 1. The first kappa shape index (κ1) is 17.8. The third-order valence-corrected chi connectivity index (χ3v) is 3.57. The molecule has 7 nitrogen and oxygen atoms in total. The second-order valence-corrected chi connectivity index (χ2v) is 5.30. The molecule has 0 bridgehead atoms. The van der Waals surface area contributed by atoms with E-state index in [4.69, 9.17) is 20.6 Å². The lowest BCUT2D eigenvalue weighted by atomic mass is 10.1. The van der Waals surface area contributed by atoms with Gasteiger partial charge in [-0.3, -0.25) is 0 Å². The van der Waals surface area contributed by atoms with Crippen molar-refractivity contribution >= 4 is 21.9 Å². The van der Waals surface area contributed by atoms with Gasteiger partial charge in [-0.1, -0.05) is 5.92 Å². The van der Waals surface area contributed by atoms with Crippen LogP contribution in [0.25, 0.3) is 11.3 Å². The van der Waals surface area contributed by atoms with Crippen LogP contribution < -0.4 is 9.47 Å². The maximum Gasteiger partial charge on any atom is 0.361 e. The Morgan fingerprint density at radius 2 is 2.00 bits per heavy atom. The van der Waals surface area contributed by atoms with E-state index in [-0.39, 0.29) is 18.9 Å². The van der Waals surface area contributed by atoms with Gasteiger partial charge in [0.1, 0.15) is 12.3 Å². The van der Waals surface area contributed by atoms with E-state index in [1.807, 2.05) is 6.92 Å². The van der Waals surface area contributed by atoms with Crippen LogP contribution in [0.3, 0.4) is 0 Å². The van der Waals surface area contributed by atoms with Crippen molar-refractivity contribution in [2.45, 2.75) is 13.8 Å². The number of nitrogens with one attached hydrogen (secondary N) is 1. The van der Waals surface area contributed by atoms with Crippen LogP contribution in [0.1, 0.15) is 24.3 Å². The summed E-state index contributed by atoms with van der Waals surface area (Å²) in [7, 11) is 0. The Kier molecular flexibility index (Phi) is 6.21. The molecular formula is C16H16BrN3O4. The molecule has 0 atom stereocenters. The highest BCUT2D eigenvalue weighted by Gasteiger charge is 2.22. The minimum absolute atomic E-state index is 0.0947. The summed E-state index contributed by atoms with van der Waals surface area (Å²) < 4.78 is 16.7. The van der Waals surface area contributed by atoms with E-state index in [1.54, 1.807) is 19.1 Å². The number of aromatic amines is 1. The molecule has 1 heterocycles. The maximum atomic E-state index is 12.0. The first-order valence-corrected chi connectivity index (χ1v) is 8.02. The van der Waals surface area contributed by atoms with Crippen molar-refractivity contribution in [3.05, 3.63) is 22.3 Å². The normalized spacial score (nSPS) is 10.1. The van der Waals surface area contributed by atoms with E-state index in [0.717, 1.165) is 0 Å². The Morgan fingerprint density at radius 1 is 1.25 bits per heavy atom. The van der Waals surface area contributed by atoms with Crippen LogP contribution in [0.5, 0.6) is 11.5 Å². The molecule has 0 saturated carbocycles. The van der Waals surface area contributed by atoms with Crippen molar-refractivity contribution in [1.82, 2.24) is 15.4 Å². The van der Waals surface area contributed by atoms with Crippen molar-refractivity contribution in [2.24, 2.45) is 0 Å². The molecule has 0 spiro atoms. The maximum absolute atomic E-state index is 12.0. The highest BCUT2D eigenvalue weighted by atomic mass is 79.9. The molecule has 0 saturated heterocycles. The van der Waals surface area contributed by atoms with Crippen LogP contribution in [0.4, 0.5) is 0 Å². The number of halogens is 1. The lowest BCUT2D eigenvalue weighted by Crippen LogP contribution is -2.07. The lowest BCUT2D eigenvalue weighted by molar-refractivity contribution is 0.0520. The number of benzene rings is 1. The summed E-state index contributed by atoms with van der Waals surface area (Å²) >= 11 is 3.45. The molecule has 1 aromatic heterocycles. The zero-order valence-electron chi connectivity index (χ0n) is 13.3. The number of hydrogen-bond acceptors (Lipinski definition) is 6. The highest BCUT2D eigenvalue weighted by molar-refractivity contribution is 9.10. The van der Waals surface area contributed by atoms with Crippen molar-refractivity contribution in [2.75, 3.05) is 19.8 Å². The third kappa shape index (κ3) is 3.86. The van der Waals surface area contributed by atoms with E-state index in [1.165, 1.54) is 0 Å². The third-order valence-electron chi connectivity index (χ3n) is 2.92. The number of ether oxygens (including phenoxy) is 3. The zero-order valence-corrected chi connectivity index (χ0v) is 14.8. The number of carbonyl (C=O) groups is 1. The van der Waals surface area contributed by atoms with Gasteiger partial charge in [0.2, 0.25) is 0 Å². The van der Waals surface area contributed by atoms with Crippen molar-refractivity contribution < 1.29 is 19.0 Å². The summed E-state index contributed by atoms with van der Waals surface area (Å²) in [6.45, 7) is 4.38. The van der Waals surface area contributed by atoms with Gasteiger partial charge in [-0.15, -0.1) is 11.5 Å². The summed E-state index contributed by atoms with van der Waals surface area (Å²) in [5.41, 5.74) is 1.06. The number of nitrogens with zero attached hydrogens (tertiary/aromatic N) is 2. The quantitative estimate of drug-likeness (QED) is 0.574. The Labute approximate surface area is 147 Å². The van der Waals surface area contributed by atoms with Crippen LogP contribution >= 0.6 is 15.9 Å². The Bertz CT molecular complexity index is 767. The van der Waals surface area contributed by atoms with E-state index >= 15 is 0 Å². The second kappa shape index (κ2) is 8.36. The van der Waals surface area contributed by atoms with Gasteiger partial charge >= 0.3 is 5.97 Å². The van der Waals surface area contributed by atoms with Gasteiger partial charge in [-0.2, -0.15) is 10.3 Å². The summed E-state index contributed by atoms with van der Waals surface area (Å²) in [6, 6.07) is 3.42. The van der Waals surface area contributed by atoms with E-state index in [9.17, 15) is 4.79 Å². The van der Waals surface area contributed by atoms with E-state index < -0.39 is 5.97 Å². The van der Waals surface area contributed by atoms with Crippen molar-refractivity contribution in [1.29, 1.82) is 0 Å². The van der Waals surface area contributed by atoms with Crippen LogP contribution in [0, 0.1) is 12.3 Å². The molecule has 0 aliphatic heterocycles. The molecule has 2 rings (SSSR count). The molecule has 8 heteroatoms. The zero-order chi connectivity index (χ0) is 17.5. The topological polar surface area (TPSA) is 86.3 Å². The van der Waals surface area contributed by atoms with Crippen LogP contribution in [-0.4, -0.2) is 41.2 Å². The monoisotopic (exact) mass is 393 g/mol. The van der Waals surface area contributed by atoms with Gasteiger partial charge in [0.25, 0.3) is 0 Å². The minimum Gasteiger partial charge on any atom is -0.490 e. The number of aromatic nitrogens is 3. The summed E-state index contributed by atoms with van der Waals surface area (Å²) in [5.74, 6) is 2.83. The van der Waals surface area contributed by atoms with Crippen molar-refractivity contribution in [3.8, 4) is 35.1 Å². The van der Waals surface area contributed by atoms with E-state index in [0.29, 0.717) is 33.8 Å². The molecule has 1 aromatic carbocycles. The molecule has 0 amide bonds. The first-order chi connectivity index (χ1) is 11.6. The fourth-order valence-corrected chi connectivity index (χ4v) is 2.49. The minimum atomic E-state index is -0.557. The first-order valence-electron chi connectivity index (χ1n) is 7.23. The Morgan fingerprint density at radius 3 is 2.67 bits per heavy atom. The van der Waals surface area contributed by atoms with Gasteiger partial charge in [-0.25, -0.2) is 4.79 Å².